The molecule has 0 radical (unpaired) electrons. The second kappa shape index (κ2) is 5.91. The van der Waals surface area contributed by atoms with Crippen molar-refractivity contribution in [3.05, 3.63) is 58.1 Å². The van der Waals surface area contributed by atoms with Gasteiger partial charge >= 0.3 is 0 Å². The van der Waals surface area contributed by atoms with Gasteiger partial charge in [0.15, 0.2) is 0 Å². The lowest BCUT2D eigenvalue weighted by molar-refractivity contribution is -0.384. The summed E-state index contributed by atoms with van der Waals surface area (Å²) in [5, 5.41) is 22.7. The van der Waals surface area contributed by atoms with Gasteiger partial charge in [-0.25, -0.2) is 0 Å². The van der Waals surface area contributed by atoms with Crippen LogP contribution in [0.25, 0.3) is 0 Å². The molecule has 2 N–H and O–H groups in total. The number of phenols is 1. The van der Waals surface area contributed by atoms with Crippen molar-refractivity contribution in [2.24, 2.45) is 0 Å². The predicted molar refractivity (Wildman–Crippen MR) is 75.7 cm³/mol. The molecule has 2 aromatic carbocycles. The van der Waals surface area contributed by atoms with Crippen molar-refractivity contribution >= 4 is 17.3 Å². The third kappa shape index (κ3) is 3.27. The van der Waals surface area contributed by atoms with Gasteiger partial charge in [0, 0.05) is 11.6 Å². The summed E-state index contributed by atoms with van der Waals surface area (Å²) in [5.41, 5.74) is 0.213. The van der Waals surface area contributed by atoms with E-state index >= 15 is 0 Å². The van der Waals surface area contributed by atoms with E-state index in [0.29, 0.717) is 11.3 Å². The minimum atomic E-state index is -0.630. The zero-order valence-electron chi connectivity index (χ0n) is 11.1. The zero-order chi connectivity index (χ0) is 15.4. The minimum Gasteiger partial charge on any atom is -0.506 e. The van der Waals surface area contributed by atoms with Crippen LogP contribution in [0.2, 0.25) is 0 Å². The fourth-order valence-electron chi connectivity index (χ4n) is 1.68. The lowest BCUT2D eigenvalue weighted by Crippen LogP contribution is -2.11. The van der Waals surface area contributed by atoms with Gasteiger partial charge < -0.3 is 15.2 Å². The monoisotopic (exact) mass is 288 g/mol. The Kier molecular flexibility index (Phi) is 4.03. The summed E-state index contributed by atoms with van der Waals surface area (Å²) in [5.74, 6) is -0.197. The number of nitro benzene ring substituents is 1. The molecule has 0 aliphatic carbocycles. The van der Waals surface area contributed by atoms with Gasteiger partial charge in [-0.15, -0.1) is 0 Å². The van der Waals surface area contributed by atoms with E-state index in [2.05, 4.69) is 5.32 Å². The number of non-ortho nitro benzene ring substituents is 1. The van der Waals surface area contributed by atoms with E-state index in [1.54, 1.807) is 24.3 Å². The summed E-state index contributed by atoms with van der Waals surface area (Å²) in [6.07, 6.45) is 0. The first-order chi connectivity index (χ1) is 10.0. The highest BCUT2D eigenvalue weighted by molar-refractivity contribution is 6.05. The molecule has 0 fully saturated rings. The molecule has 7 heteroatoms. The van der Waals surface area contributed by atoms with Gasteiger partial charge in [-0.1, -0.05) is 0 Å². The Labute approximate surface area is 119 Å². The highest BCUT2D eigenvalue weighted by Gasteiger charge is 2.13. The van der Waals surface area contributed by atoms with E-state index in [0.717, 1.165) is 6.07 Å². The summed E-state index contributed by atoms with van der Waals surface area (Å²) in [4.78, 5) is 21.9. The maximum absolute atomic E-state index is 12.0. The van der Waals surface area contributed by atoms with Gasteiger partial charge in [0.25, 0.3) is 11.6 Å². The van der Waals surface area contributed by atoms with Crippen molar-refractivity contribution in [3.8, 4) is 11.5 Å². The number of hydrogen-bond donors (Lipinski definition) is 2. The number of amides is 1. The van der Waals surface area contributed by atoms with Crippen molar-refractivity contribution in [2.75, 3.05) is 12.4 Å². The molecule has 0 bridgehead atoms. The summed E-state index contributed by atoms with van der Waals surface area (Å²) < 4.78 is 4.99. The van der Waals surface area contributed by atoms with Crippen molar-refractivity contribution in [1.29, 1.82) is 0 Å². The quantitative estimate of drug-likeness (QED) is 0.511. The fraction of sp³-hybridized carbons (Fsp3) is 0.0714. The van der Waals surface area contributed by atoms with E-state index in [1.807, 2.05) is 0 Å². The highest BCUT2D eigenvalue weighted by atomic mass is 16.6. The Morgan fingerprint density at radius 1 is 1.24 bits per heavy atom. The van der Waals surface area contributed by atoms with Crippen molar-refractivity contribution < 1.29 is 19.6 Å². The standard InChI is InChI=1S/C14H12N2O5/c1-21-11-5-2-9(3-6-11)14(18)15-12-7-4-10(16(19)20)8-13(12)17/h2-8,17H,1H3,(H,15,18). The molecule has 108 valence electrons. The number of nitro groups is 1. The van der Waals surface area contributed by atoms with Gasteiger partial charge in [0.2, 0.25) is 0 Å². The fourth-order valence-corrected chi connectivity index (χ4v) is 1.68. The molecule has 0 saturated carbocycles. The molecular formula is C14H12N2O5. The van der Waals surface area contributed by atoms with Crippen LogP contribution in [0.4, 0.5) is 11.4 Å². The normalized spacial score (nSPS) is 9.95. The first-order valence-electron chi connectivity index (χ1n) is 5.94. The number of ether oxygens (including phenoxy) is 1. The lowest BCUT2D eigenvalue weighted by atomic mass is 10.2. The second-order valence-corrected chi connectivity index (χ2v) is 4.14. The number of nitrogens with zero attached hydrogens (tertiary/aromatic N) is 1. The van der Waals surface area contributed by atoms with Gasteiger partial charge in [-0.05, 0) is 30.3 Å². The third-order valence-corrected chi connectivity index (χ3v) is 2.79. The smallest absolute Gasteiger partial charge is 0.273 e. The number of methoxy groups -OCH3 is 1. The van der Waals surface area contributed by atoms with Crippen LogP contribution in [-0.2, 0) is 0 Å². The molecule has 0 spiro atoms. The Morgan fingerprint density at radius 3 is 2.43 bits per heavy atom. The molecule has 0 aromatic heterocycles. The van der Waals surface area contributed by atoms with Crippen LogP contribution in [0.5, 0.6) is 11.5 Å². The zero-order valence-corrected chi connectivity index (χ0v) is 11.1. The molecular weight excluding hydrogens is 276 g/mol. The van der Waals surface area contributed by atoms with E-state index in [4.69, 9.17) is 4.74 Å². The largest absolute Gasteiger partial charge is 0.506 e. The molecule has 0 heterocycles. The van der Waals surface area contributed by atoms with E-state index in [9.17, 15) is 20.0 Å². The Bertz CT molecular complexity index is 682. The van der Waals surface area contributed by atoms with Crippen LogP contribution in [0.3, 0.4) is 0 Å². The summed E-state index contributed by atoms with van der Waals surface area (Å²) in [7, 11) is 1.52. The number of rotatable bonds is 4. The number of aromatic hydroxyl groups is 1. The molecule has 2 aromatic rings. The van der Waals surface area contributed by atoms with Crippen LogP contribution in [-0.4, -0.2) is 23.0 Å². The Morgan fingerprint density at radius 2 is 1.90 bits per heavy atom. The average molecular weight is 288 g/mol. The van der Waals surface area contributed by atoms with Crippen LogP contribution < -0.4 is 10.1 Å². The number of anilines is 1. The van der Waals surface area contributed by atoms with Crippen molar-refractivity contribution in [3.63, 3.8) is 0 Å². The van der Waals surface area contributed by atoms with Crippen LogP contribution in [0.15, 0.2) is 42.5 Å². The Hall–Kier alpha value is -3.09. The molecule has 0 aliphatic heterocycles. The molecule has 21 heavy (non-hydrogen) atoms. The number of carbonyl (C=O) groups excluding carboxylic acids is 1. The van der Waals surface area contributed by atoms with Crippen LogP contribution in [0.1, 0.15) is 10.4 Å². The molecule has 0 aliphatic rings. The van der Waals surface area contributed by atoms with Crippen molar-refractivity contribution in [2.45, 2.75) is 0 Å². The molecule has 2 rings (SSSR count). The number of carbonyl (C=O) groups is 1. The highest BCUT2D eigenvalue weighted by Crippen LogP contribution is 2.28. The summed E-state index contributed by atoms with van der Waals surface area (Å²) in [6.45, 7) is 0. The van der Waals surface area contributed by atoms with E-state index < -0.39 is 10.8 Å². The number of benzene rings is 2. The summed E-state index contributed by atoms with van der Waals surface area (Å²) >= 11 is 0. The average Bonchev–Trinajstić information content (AvgIpc) is 2.49. The first kappa shape index (κ1) is 14.3. The Balaban J connectivity index is 2.17. The van der Waals surface area contributed by atoms with Crippen molar-refractivity contribution in [1.82, 2.24) is 0 Å². The number of hydrogen-bond acceptors (Lipinski definition) is 5. The van der Waals surface area contributed by atoms with Gasteiger partial charge in [0.05, 0.1) is 23.8 Å². The van der Waals surface area contributed by atoms with Crippen LogP contribution in [0, 0.1) is 10.1 Å². The van der Waals surface area contributed by atoms with E-state index in [1.165, 1.54) is 19.2 Å². The molecule has 1 amide bonds. The van der Waals surface area contributed by atoms with E-state index in [-0.39, 0.29) is 17.1 Å². The second-order valence-electron chi connectivity index (χ2n) is 4.14. The molecule has 0 atom stereocenters. The van der Waals surface area contributed by atoms with Crippen LogP contribution >= 0.6 is 0 Å². The SMILES string of the molecule is COc1ccc(C(=O)Nc2ccc([N+](=O)[O-])cc2O)cc1. The maximum atomic E-state index is 12.0. The first-order valence-corrected chi connectivity index (χ1v) is 5.94. The predicted octanol–water partition coefficient (Wildman–Crippen LogP) is 2.56. The van der Waals surface area contributed by atoms with Gasteiger partial charge in [0.1, 0.15) is 11.5 Å². The minimum absolute atomic E-state index is 0.0985. The topological polar surface area (TPSA) is 102 Å². The van der Waals surface area contributed by atoms with Gasteiger partial charge in [-0.2, -0.15) is 0 Å². The molecule has 0 saturated heterocycles. The third-order valence-electron chi connectivity index (χ3n) is 2.79. The maximum Gasteiger partial charge on any atom is 0.273 e. The molecule has 7 nitrogen and oxygen atoms in total. The number of nitrogens with one attached hydrogen (secondary N) is 1. The summed E-state index contributed by atoms with van der Waals surface area (Å²) in [6, 6.07) is 9.84. The molecule has 0 unspecified atom stereocenters. The lowest BCUT2D eigenvalue weighted by Gasteiger charge is -2.07. The number of phenolic OH excluding ortho intramolecular Hbond substituents is 1. The van der Waals surface area contributed by atoms with Gasteiger partial charge in [-0.3, -0.25) is 14.9 Å².